The number of methoxy groups -OCH3 is 1. The van der Waals surface area contributed by atoms with Crippen LogP contribution in [0.3, 0.4) is 0 Å². The average molecular weight is 475 g/mol. The third-order valence-electron chi connectivity index (χ3n) is 5.62. The Labute approximate surface area is 199 Å². The van der Waals surface area contributed by atoms with Crippen LogP contribution in [-0.2, 0) is 20.9 Å². The van der Waals surface area contributed by atoms with Crippen molar-refractivity contribution in [1.29, 1.82) is 0 Å². The molecule has 1 N–H and O–H groups in total. The normalized spacial score (nSPS) is 15.2. The van der Waals surface area contributed by atoms with Gasteiger partial charge < -0.3 is 19.5 Å². The molecular weight excluding hydrogens is 440 g/mol. The van der Waals surface area contributed by atoms with Crippen LogP contribution in [-0.4, -0.2) is 36.1 Å². The van der Waals surface area contributed by atoms with E-state index in [4.69, 9.17) is 14.2 Å². The molecule has 1 aliphatic carbocycles. The maximum absolute atomic E-state index is 13.0. The van der Waals surface area contributed by atoms with Crippen molar-refractivity contribution in [2.75, 3.05) is 13.7 Å². The van der Waals surface area contributed by atoms with E-state index in [-0.39, 0.29) is 30.4 Å². The van der Waals surface area contributed by atoms with Crippen LogP contribution in [0.4, 0.5) is 0 Å². The first-order valence-electron chi connectivity index (χ1n) is 11.4. The minimum Gasteiger partial charge on any atom is -0.493 e. The Kier molecular flexibility index (Phi) is 8.00. The molecule has 1 fully saturated rings. The first-order valence-corrected chi connectivity index (χ1v) is 12.3. The summed E-state index contributed by atoms with van der Waals surface area (Å²) in [4.78, 5) is 30.2. The van der Waals surface area contributed by atoms with Crippen molar-refractivity contribution >= 4 is 23.2 Å². The second kappa shape index (κ2) is 10.5. The van der Waals surface area contributed by atoms with Gasteiger partial charge in [0.25, 0.3) is 0 Å². The Morgan fingerprint density at radius 3 is 2.55 bits per heavy atom. The molecule has 0 spiro atoms. The Balaban J connectivity index is 1.65. The number of carbonyl (C=O) groups excluding carboxylic acids is 2. The fraction of sp³-hybridized carbons (Fsp3) is 0.560. The summed E-state index contributed by atoms with van der Waals surface area (Å²) < 4.78 is 16.7. The van der Waals surface area contributed by atoms with Gasteiger partial charge in [-0.1, -0.05) is 12.8 Å². The maximum Gasteiger partial charge on any atom is 0.312 e. The molecule has 1 heterocycles. The highest BCUT2D eigenvalue weighted by atomic mass is 32.1. The monoisotopic (exact) mass is 474 g/mol. The number of nitrogens with one attached hydrogen (secondary N) is 1. The molecular formula is C25H34N2O5S. The van der Waals surface area contributed by atoms with Crippen molar-refractivity contribution in [3.8, 4) is 22.1 Å². The van der Waals surface area contributed by atoms with Crippen LogP contribution in [0.2, 0.25) is 0 Å². The van der Waals surface area contributed by atoms with Crippen molar-refractivity contribution in [3.05, 3.63) is 29.3 Å². The summed E-state index contributed by atoms with van der Waals surface area (Å²) in [6, 6.07) is 5.69. The lowest BCUT2D eigenvalue weighted by Gasteiger charge is -2.28. The lowest BCUT2D eigenvalue weighted by Crippen LogP contribution is -2.44. The van der Waals surface area contributed by atoms with E-state index in [9.17, 15) is 9.59 Å². The summed E-state index contributed by atoms with van der Waals surface area (Å²) in [6.07, 6.45) is 3.38. The molecule has 0 saturated heterocycles. The SMILES string of the molecule is CCOc1ccc(-c2nc(COC(=O)C3(CC(=O)NC(C)(C)C)CCCC3)cs2)cc1OC. The Hall–Kier alpha value is -2.61. The first kappa shape index (κ1) is 25.0. The second-order valence-corrected chi connectivity index (χ2v) is 10.3. The number of rotatable bonds is 9. The highest BCUT2D eigenvalue weighted by molar-refractivity contribution is 7.13. The molecule has 0 aliphatic heterocycles. The number of thiazole rings is 1. The number of hydrogen-bond acceptors (Lipinski definition) is 7. The molecule has 3 rings (SSSR count). The molecule has 1 aromatic heterocycles. The summed E-state index contributed by atoms with van der Waals surface area (Å²) in [7, 11) is 1.61. The van der Waals surface area contributed by atoms with Crippen molar-refractivity contribution in [2.24, 2.45) is 5.41 Å². The third kappa shape index (κ3) is 6.47. The highest BCUT2D eigenvalue weighted by Crippen LogP contribution is 2.42. The average Bonchev–Trinajstić information content (AvgIpc) is 3.41. The quantitative estimate of drug-likeness (QED) is 0.507. The van der Waals surface area contributed by atoms with Crippen LogP contribution in [0.1, 0.15) is 65.5 Å². The fourth-order valence-corrected chi connectivity index (χ4v) is 4.95. The maximum atomic E-state index is 13.0. The first-order chi connectivity index (χ1) is 15.7. The van der Waals surface area contributed by atoms with Crippen LogP contribution < -0.4 is 14.8 Å². The lowest BCUT2D eigenvalue weighted by atomic mass is 9.82. The zero-order valence-corrected chi connectivity index (χ0v) is 21.0. The van der Waals surface area contributed by atoms with Crippen molar-refractivity contribution in [3.63, 3.8) is 0 Å². The summed E-state index contributed by atoms with van der Waals surface area (Å²) in [5.74, 6) is 0.921. The minimum absolute atomic E-state index is 0.0894. The molecule has 1 aliphatic rings. The van der Waals surface area contributed by atoms with Crippen LogP contribution in [0.25, 0.3) is 10.6 Å². The van der Waals surface area contributed by atoms with Crippen molar-refractivity contribution < 1.29 is 23.8 Å². The van der Waals surface area contributed by atoms with E-state index in [2.05, 4.69) is 10.3 Å². The molecule has 0 radical (unpaired) electrons. The van der Waals surface area contributed by atoms with Crippen LogP contribution in [0, 0.1) is 5.41 Å². The van der Waals surface area contributed by atoms with Gasteiger partial charge in [0.05, 0.1) is 24.8 Å². The molecule has 180 valence electrons. The summed E-state index contributed by atoms with van der Waals surface area (Å²) >= 11 is 1.48. The minimum atomic E-state index is -0.739. The van der Waals surface area contributed by atoms with E-state index >= 15 is 0 Å². The Bertz CT molecular complexity index is 973. The number of hydrogen-bond donors (Lipinski definition) is 1. The van der Waals surface area contributed by atoms with Gasteiger partial charge in [-0.2, -0.15) is 0 Å². The Morgan fingerprint density at radius 2 is 1.91 bits per heavy atom. The van der Waals surface area contributed by atoms with Gasteiger partial charge >= 0.3 is 5.97 Å². The molecule has 1 saturated carbocycles. The third-order valence-corrected chi connectivity index (χ3v) is 6.56. The second-order valence-electron chi connectivity index (χ2n) is 9.48. The number of carbonyl (C=O) groups is 2. The van der Waals surface area contributed by atoms with E-state index in [1.165, 1.54) is 11.3 Å². The largest absolute Gasteiger partial charge is 0.493 e. The van der Waals surface area contributed by atoms with Gasteiger partial charge in [0.1, 0.15) is 11.6 Å². The smallest absolute Gasteiger partial charge is 0.312 e. The van der Waals surface area contributed by atoms with Crippen LogP contribution >= 0.6 is 11.3 Å². The molecule has 2 aromatic rings. The molecule has 8 heteroatoms. The summed E-state index contributed by atoms with van der Waals surface area (Å²) in [6.45, 7) is 8.38. The van der Waals surface area contributed by atoms with Crippen LogP contribution in [0.5, 0.6) is 11.5 Å². The molecule has 0 bridgehead atoms. The molecule has 0 atom stereocenters. The molecule has 0 unspecified atom stereocenters. The van der Waals surface area contributed by atoms with Gasteiger partial charge in [0, 0.05) is 22.9 Å². The van der Waals surface area contributed by atoms with E-state index in [0.717, 1.165) is 23.4 Å². The summed E-state index contributed by atoms with van der Waals surface area (Å²) in [5, 5.41) is 5.66. The van der Waals surface area contributed by atoms with Crippen molar-refractivity contribution in [2.45, 2.75) is 71.9 Å². The fourth-order valence-electron chi connectivity index (χ4n) is 4.15. The topological polar surface area (TPSA) is 86.8 Å². The number of ether oxygens (including phenoxy) is 3. The predicted molar refractivity (Wildman–Crippen MR) is 128 cm³/mol. The van der Waals surface area contributed by atoms with Gasteiger partial charge in [-0.25, -0.2) is 4.98 Å². The Morgan fingerprint density at radius 1 is 1.18 bits per heavy atom. The zero-order valence-electron chi connectivity index (χ0n) is 20.2. The molecule has 7 nitrogen and oxygen atoms in total. The number of aromatic nitrogens is 1. The number of benzene rings is 1. The van der Waals surface area contributed by atoms with Gasteiger partial charge in [-0.3, -0.25) is 9.59 Å². The predicted octanol–water partition coefficient (Wildman–Crippen LogP) is 5.13. The standard InChI is InChI=1S/C25H34N2O5S/c1-6-31-19-10-9-17(13-20(19)30-5)22-26-18(16-33-22)15-32-23(29)25(11-7-8-12-25)14-21(28)27-24(2,3)4/h9-10,13,16H,6-8,11-12,14-15H2,1-5H3,(H,27,28). The number of nitrogens with zero attached hydrogens (tertiary/aromatic N) is 1. The van der Waals surface area contributed by atoms with E-state index in [0.29, 0.717) is 36.6 Å². The molecule has 1 aromatic carbocycles. The van der Waals surface area contributed by atoms with Gasteiger partial charge in [0.15, 0.2) is 11.5 Å². The van der Waals surface area contributed by atoms with Gasteiger partial charge in [0.2, 0.25) is 5.91 Å². The van der Waals surface area contributed by atoms with Gasteiger partial charge in [-0.05, 0) is 58.7 Å². The molecule has 33 heavy (non-hydrogen) atoms. The summed E-state index contributed by atoms with van der Waals surface area (Å²) in [5.41, 5.74) is 0.519. The number of amides is 1. The van der Waals surface area contributed by atoms with Crippen molar-refractivity contribution in [1.82, 2.24) is 10.3 Å². The zero-order chi connectivity index (χ0) is 24.1. The van der Waals surface area contributed by atoms with Gasteiger partial charge in [-0.15, -0.1) is 11.3 Å². The van der Waals surface area contributed by atoms with E-state index in [1.807, 2.05) is 51.3 Å². The highest BCUT2D eigenvalue weighted by Gasteiger charge is 2.44. The number of esters is 1. The van der Waals surface area contributed by atoms with Crippen LogP contribution in [0.15, 0.2) is 23.6 Å². The molecule has 1 amide bonds. The van der Waals surface area contributed by atoms with E-state index in [1.54, 1.807) is 7.11 Å². The van der Waals surface area contributed by atoms with E-state index < -0.39 is 5.41 Å². The lowest BCUT2D eigenvalue weighted by molar-refractivity contribution is -0.159.